The van der Waals surface area contributed by atoms with E-state index in [0.29, 0.717) is 39.0 Å². The average molecular weight is 460 g/mol. The lowest BCUT2D eigenvalue weighted by atomic mass is 9.98. The maximum atomic E-state index is 13.8. The Bertz CT molecular complexity index is 1370. The van der Waals surface area contributed by atoms with Crippen LogP contribution in [0.3, 0.4) is 0 Å². The summed E-state index contributed by atoms with van der Waals surface area (Å²) in [5, 5.41) is 20.6. The van der Waals surface area contributed by atoms with Gasteiger partial charge in [0, 0.05) is 17.5 Å². The van der Waals surface area contributed by atoms with Crippen LogP contribution >= 0.6 is 0 Å². The summed E-state index contributed by atoms with van der Waals surface area (Å²) in [6.07, 6.45) is 0.726. The van der Waals surface area contributed by atoms with Gasteiger partial charge in [0.25, 0.3) is 0 Å². The highest BCUT2D eigenvalue weighted by Crippen LogP contribution is 2.32. The first kappa shape index (κ1) is 23.2. The Morgan fingerprint density at radius 2 is 1.79 bits per heavy atom. The fourth-order valence-electron chi connectivity index (χ4n) is 3.93. The summed E-state index contributed by atoms with van der Waals surface area (Å²) in [6.45, 7) is 0.895. The summed E-state index contributed by atoms with van der Waals surface area (Å²) in [6, 6.07) is 19.2. The van der Waals surface area contributed by atoms with Crippen LogP contribution in [-0.4, -0.2) is 52.4 Å². The number of hydrogen-bond donors (Lipinski definition) is 3. The molecule has 4 rings (SSSR count). The minimum Gasteiger partial charge on any atom is -0.494 e. The smallest absolute Gasteiger partial charge is 0.307 e. The molecule has 0 amide bonds. The summed E-state index contributed by atoms with van der Waals surface area (Å²) in [7, 11) is 4.04. The van der Waals surface area contributed by atoms with Crippen molar-refractivity contribution in [3.8, 4) is 5.88 Å². The number of carboxylic acids is 1. The number of aromatic hydroxyl groups is 1. The Morgan fingerprint density at radius 1 is 1.03 bits per heavy atom. The molecule has 3 N–H and O–H groups in total. The molecule has 0 saturated carbocycles. The maximum absolute atomic E-state index is 13.8. The van der Waals surface area contributed by atoms with E-state index >= 15 is 0 Å². The molecule has 174 valence electrons. The molecule has 0 aliphatic heterocycles. The quantitative estimate of drug-likeness (QED) is 0.327. The van der Waals surface area contributed by atoms with Gasteiger partial charge in [-0.05, 0) is 68.0 Å². The molecule has 34 heavy (non-hydrogen) atoms. The van der Waals surface area contributed by atoms with Crippen molar-refractivity contribution >= 4 is 28.3 Å². The minimum atomic E-state index is -0.936. The number of aromatic amines is 1. The van der Waals surface area contributed by atoms with Crippen LogP contribution in [0.25, 0.3) is 10.9 Å². The summed E-state index contributed by atoms with van der Waals surface area (Å²) in [5.41, 5.74) is 4.43. The fraction of sp³-hybridized carbons (Fsp3) is 0.185. The largest absolute Gasteiger partial charge is 0.494 e. The van der Waals surface area contributed by atoms with Crippen LogP contribution in [0.1, 0.15) is 22.3 Å². The number of H-pyrrole nitrogens is 1. The molecule has 0 radical (unpaired) electrons. The van der Waals surface area contributed by atoms with Crippen molar-refractivity contribution < 1.29 is 19.4 Å². The molecule has 0 aliphatic rings. The fourth-order valence-corrected chi connectivity index (χ4v) is 3.93. The predicted octanol–water partition coefficient (Wildman–Crippen LogP) is 4.91. The number of benzene rings is 3. The van der Waals surface area contributed by atoms with Crippen LogP contribution in [0.15, 0.2) is 71.7 Å². The number of halogens is 1. The number of nitrogens with one attached hydrogen (secondary N) is 1. The van der Waals surface area contributed by atoms with Gasteiger partial charge in [-0.15, -0.1) is 0 Å². The monoisotopic (exact) mass is 459 g/mol. The number of aliphatic carboxylic acids is 1. The SMILES string of the molecule is CN(C)CCc1cccc(N=C(c2cccc(CC(=O)O)c2)c2c(O)[nH]c3cc(F)ccc23)c1. The third-order valence-electron chi connectivity index (χ3n) is 5.53. The van der Waals surface area contributed by atoms with E-state index in [1.807, 2.05) is 44.4 Å². The van der Waals surface area contributed by atoms with Crippen LogP contribution in [0.4, 0.5) is 10.1 Å². The van der Waals surface area contributed by atoms with Gasteiger partial charge in [-0.25, -0.2) is 9.38 Å². The van der Waals surface area contributed by atoms with Crippen molar-refractivity contribution in [1.82, 2.24) is 9.88 Å². The third kappa shape index (κ3) is 5.32. The van der Waals surface area contributed by atoms with Crippen molar-refractivity contribution in [2.75, 3.05) is 20.6 Å². The van der Waals surface area contributed by atoms with Gasteiger partial charge in [-0.2, -0.15) is 0 Å². The standard InChI is InChI=1S/C27H26FN3O3/c1-31(2)12-11-17-5-4-8-21(14-17)29-26(19-7-3-6-18(13-19)15-24(32)33)25-22-10-9-20(28)16-23(22)30-27(25)34/h3-10,13-14,16,30,34H,11-12,15H2,1-2H3,(H,32,33). The number of carboxylic acid groups (broad SMARTS) is 1. The second-order valence-electron chi connectivity index (χ2n) is 8.49. The topological polar surface area (TPSA) is 88.9 Å². The first-order chi connectivity index (χ1) is 16.3. The van der Waals surface area contributed by atoms with Gasteiger partial charge in [0.1, 0.15) is 5.82 Å². The van der Waals surface area contributed by atoms with Gasteiger partial charge in [-0.3, -0.25) is 4.79 Å². The van der Waals surface area contributed by atoms with Gasteiger partial charge in [0.15, 0.2) is 5.88 Å². The number of rotatable bonds is 8. The minimum absolute atomic E-state index is 0.133. The lowest BCUT2D eigenvalue weighted by molar-refractivity contribution is -0.136. The Hall–Kier alpha value is -3.97. The molecule has 0 spiro atoms. The molecule has 0 atom stereocenters. The van der Waals surface area contributed by atoms with Crippen LogP contribution in [0.2, 0.25) is 0 Å². The molecule has 6 nitrogen and oxygen atoms in total. The summed E-state index contributed by atoms with van der Waals surface area (Å²) < 4.78 is 13.8. The Kier molecular flexibility index (Phi) is 6.75. The summed E-state index contributed by atoms with van der Waals surface area (Å²) >= 11 is 0. The van der Waals surface area contributed by atoms with Gasteiger partial charge < -0.3 is 20.1 Å². The van der Waals surface area contributed by atoms with E-state index in [4.69, 9.17) is 4.99 Å². The van der Waals surface area contributed by atoms with E-state index < -0.39 is 11.8 Å². The zero-order valence-corrected chi connectivity index (χ0v) is 19.0. The van der Waals surface area contributed by atoms with Gasteiger partial charge >= 0.3 is 5.97 Å². The van der Waals surface area contributed by atoms with Crippen molar-refractivity contribution in [3.63, 3.8) is 0 Å². The zero-order chi connectivity index (χ0) is 24.2. The Labute approximate surface area is 197 Å². The second-order valence-corrected chi connectivity index (χ2v) is 8.49. The molecule has 0 saturated heterocycles. The molecular weight excluding hydrogens is 433 g/mol. The number of likely N-dealkylation sites (N-methyl/N-ethyl adjacent to an activating group) is 1. The molecule has 4 aromatic rings. The molecule has 0 aliphatic carbocycles. The molecular formula is C27H26FN3O3. The third-order valence-corrected chi connectivity index (χ3v) is 5.53. The van der Waals surface area contributed by atoms with E-state index in [9.17, 15) is 19.4 Å². The zero-order valence-electron chi connectivity index (χ0n) is 19.0. The van der Waals surface area contributed by atoms with Crippen molar-refractivity contribution in [2.24, 2.45) is 4.99 Å². The van der Waals surface area contributed by atoms with Crippen LogP contribution < -0.4 is 0 Å². The number of aliphatic imine (C=N–C) groups is 1. The molecule has 1 aromatic heterocycles. The molecule has 3 aromatic carbocycles. The summed E-state index contributed by atoms with van der Waals surface area (Å²) in [4.78, 5) is 21.1. The maximum Gasteiger partial charge on any atom is 0.307 e. The lowest BCUT2D eigenvalue weighted by Gasteiger charge is -2.11. The van der Waals surface area contributed by atoms with Crippen LogP contribution in [0, 0.1) is 5.82 Å². The highest BCUT2D eigenvalue weighted by molar-refractivity contribution is 6.22. The van der Waals surface area contributed by atoms with Crippen molar-refractivity contribution in [3.05, 3.63) is 94.8 Å². The molecule has 1 heterocycles. The number of carbonyl (C=O) groups is 1. The van der Waals surface area contributed by atoms with E-state index in [1.165, 1.54) is 12.1 Å². The van der Waals surface area contributed by atoms with Gasteiger partial charge in [0.2, 0.25) is 0 Å². The van der Waals surface area contributed by atoms with Gasteiger partial charge in [0.05, 0.1) is 28.9 Å². The normalized spacial score (nSPS) is 11.9. The van der Waals surface area contributed by atoms with E-state index in [2.05, 4.69) is 9.88 Å². The molecule has 7 heteroatoms. The first-order valence-electron chi connectivity index (χ1n) is 10.9. The highest BCUT2D eigenvalue weighted by atomic mass is 19.1. The highest BCUT2D eigenvalue weighted by Gasteiger charge is 2.20. The average Bonchev–Trinajstić information content (AvgIpc) is 3.10. The number of fused-ring (bicyclic) bond motifs is 1. The van der Waals surface area contributed by atoms with Crippen LogP contribution in [0.5, 0.6) is 5.88 Å². The number of nitrogens with zero attached hydrogens (tertiary/aromatic N) is 2. The first-order valence-corrected chi connectivity index (χ1v) is 10.9. The van der Waals surface area contributed by atoms with Gasteiger partial charge in [-0.1, -0.05) is 30.3 Å². The van der Waals surface area contributed by atoms with E-state index in [0.717, 1.165) is 18.5 Å². The predicted molar refractivity (Wildman–Crippen MR) is 132 cm³/mol. The molecule has 0 unspecified atom stereocenters. The summed E-state index contributed by atoms with van der Waals surface area (Å²) in [5.74, 6) is -1.49. The van der Waals surface area contributed by atoms with E-state index in [-0.39, 0.29) is 12.3 Å². The van der Waals surface area contributed by atoms with Crippen molar-refractivity contribution in [2.45, 2.75) is 12.8 Å². The van der Waals surface area contributed by atoms with Crippen LogP contribution in [-0.2, 0) is 17.6 Å². The lowest BCUT2D eigenvalue weighted by Crippen LogP contribution is -2.14. The Balaban J connectivity index is 1.88. The molecule has 0 bridgehead atoms. The van der Waals surface area contributed by atoms with Crippen molar-refractivity contribution in [1.29, 1.82) is 0 Å². The molecule has 0 fully saturated rings. The second kappa shape index (κ2) is 9.89. The number of hydrogen-bond acceptors (Lipinski definition) is 4. The van der Waals surface area contributed by atoms with E-state index in [1.54, 1.807) is 24.3 Å². The Morgan fingerprint density at radius 3 is 2.56 bits per heavy atom. The number of aromatic nitrogens is 1.